The molecule has 0 heterocycles. The van der Waals surface area contributed by atoms with Crippen LogP contribution in [-0.2, 0) is 4.94 Å². The van der Waals surface area contributed by atoms with Crippen LogP contribution in [0.25, 0.3) is 0 Å². The topological polar surface area (TPSA) is 41.8 Å². The zero-order valence-electron chi connectivity index (χ0n) is 8.77. The van der Waals surface area contributed by atoms with E-state index in [0.717, 1.165) is 5.56 Å². The van der Waals surface area contributed by atoms with E-state index in [4.69, 9.17) is 0 Å². The lowest BCUT2D eigenvalue weighted by Gasteiger charge is -2.02. The van der Waals surface area contributed by atoms with Crippen molar-refractivity contribution in [1.29, 1.82) is 0 Å². The van der Waals surface area contributed by atoms with E-state index in [1.54, 1.807) is 19.1 Å². The van der Waals surface area contributed by atoms with E-state index in [1.165, 1.54) is 6.21 Å². The summed E-state index contributed by atoms with van der Waals surface area (Å²) < 4.78 is 11.5. The van der Waals surface area contributed by atoms with Gasteiger partial charge in [-0.25, -0.2) is 0 Å². The van der Waals surface area contributed by atoms with Crippen molar-refractivity contribution in [2.24, 2.45) is 4.99 Å². The van der Waals surface area contributed by atoms with Crippen molar-refractivity contribution in [3.63, 3.8) is 0 Å². The first-order valence-corrected chi connectivity index (χ1v) is 4.70. The van der Waals surface area contributed by atoms with Crippen LogP contribution in [0.15, 0.2) is 23.2 Å². The Hall–Kier alpha value is -1.42. The molecule has 1 aromatic rings. The molecule has 4 heteroatoms. The maximum Gasteiger partial charge on any atom is 0.124 e. The molecule has 1 aromatic carbocycles. The van der Waals surface area contributed by atoms with Crippen molar-refractivity contribution in [2.45, 2.75) is 19.9 Å². The SMILES string of the molecule is Cc1ccc(C=NC(C)COF)c(O)c1. The first-order chi connectivity index (χ1) is 7.13. The molecule has 0 aromatic heterocycles. The summed E-state index contributed by atoms with van der Waals surface area (Å²) in [6, 6.07) is 5.02. The highest BCUT2D eigenvalue weighted by molar-refractivity contribution is 5.83. The van der Waals surface area contributed by atoms with Gasteiger partial charge in [0.15, 0.2) is 0 Å². The molecule has 1 unspecified atom stereocenters. The molecule has 0 aliphatic carbocycles. The molecule has 82 valence electrons. The van der Waals surface area contributed by atoms with Crippen LogP contribution in [0.3, 0.4) is 0 Å². The third-order valence-corrected chi connectivity index (χ3v) is 1.96. The summed E-state index contributed by atoms with van der Waals surface area (Å²) in [7, 11) is 0. The van der Waals surface area contributed by atoms with Crippen LogP contribution in [-0.4, -0.2) is 24.0 Å². The predicted octanol–water partition coefficient (Wildman–Crippen LogP) is 2.41. The third kappa shape index (κ3) is 3.67. The van der Waals surface area contributed by atoms with Crippen molar-refractivity contribution in [3.05, 3.63) is 29.3 Å². The van der Waals surface area contributed by atoms with Crippen LogP contribution in [0.5, 0.6) is 5.75 Å². The number of hydrogen-bond acceptors (Lipinski definition) is 3. The number of nitrogens with zero attached hydrogens (tertiary/aromatic N) is 1. The van der Waals surface area contributed by atoms with Gasteiger partial charge in [-0.2, -0.15) is 4.94 Å². The average Bonchev–Trinajstić information content (AvgIpc) is 2.17. The molecular formula is C11H14FNO2. The lowest BCUT2D eigenvalue weighted by atomic mass is 10.1. The molecular weight excluding hydrogens is 197 g/mol. The summed E-state index contributed by atoms with van der Waals surface area (Å²) in [4.78, 5) is 7.49. The minimum absolute atomic E-state index is 0.0802. The minimum Gasteiger partial charge on any atom is -0.507 e. The van der Waals surface area contributed by atoms with Gasteiger partial charge in [-0.1, -0.05) is 6.07 Å². The number of aryl methyl sites for hydroxylation is 1. The number of phenols is 1. The Balaban J connectivity index is 2.72. The fourth-order valence-electron chi connectivity index (χ4n) is 1.10. The standard InChI is InChI=1S/C11H14FNO2/c1-8-3-4-10(11(14)5-8)6-13-9(2)7-15-12/h3-6,9,14H,7H2,1-2H3. The molecule has 0 aliphatic heterocycles. The summed E-state index contributed by atoms with van der Waals surface area (Å²) >= 11 is 0. The molecule has 0 saturated heterocycles. The van der Waals surface area contributed by atoms with Crippen molar-refractivity contribution >= 4 is 6.21 Å². The molecule has 0 aliphatic rings. The fraction of sp³-hybridized carbons (Fsp3) is 0.364. The van der Waals surface area contributed by atoms with E-state index in [-0.39, 0.29) is 18.4 Å². The van der Waals surface area contributed by atoms with Crippen LogP contribution in [0.2, 0.25) is 0 Å². The van der Waals surface area contributed by atoms with Gasteiger partial charge in [-0.3, -0.25) is 4.99 Å². The van der Waals surface area contributed by atoms with E-state index >= 15 is 0 Å². The van der Waals surface area contributed by atoms with Crippen molar-refractivity contribution in [3.8, 4) is 5.75 Å². The first kappa shape index (κ1) is 11.7. The zero-order chi connectivity index (χ0) is 11.3. The number of phenolic OH excluding ortho intramolecular Hbond substituents is 1. The number of aromatic hydroxyl groups is 1. The molecule has 0 amide bonds. The molecule has 1 N–H and O–H groups in total. The van der Waals surface area contributed by atoms with E-state index in [9.17, 15) is 9.63 Å². The fourth-order valence-corrected chi connectivity index (χ4v) is 1.10. The number of aliphatic imine (C=N–C) groups is 1. The second-order valence-corrected chi connectivity index (χ2v) is 3.47. The largest absolute Gasteiger partial charge is 0.507 e. The van der Waals surface area contributed by atoms with Crippen LogP contribution in [0, 0.1) is 6.92 Å². The predicted molar refractivity (Wildman–Crippen MR) is 57.0 cm³/mol. The summed E-state index contributed by atoms with van der Waals surface area (Å²) in [6.07, 6.45) is 1.51. The lowest BCUT2D eigenvalue weighted by Crippen LogP contribution is -2.05. The van der Waals surface area contributed by atoms with Gasteiger partial charge < -0.3 is 5.11 Å². The molecule has 15 heavy (non-hydrogen) atoms. The van der Waals surface area contributed by atoms with Crippen LogP contribution in [0.4, 0.5) is 4.53 Å². The summed E-state index contributed by atoms with van der Waals surface area (Å²) in [6.45, 7) is 3.53. The monoisotopic (exact) mass is 211 g/mol. The Morgan fingerprint density at radius 3 is 2.93 bits per heavy atom. The molecule has 0 fully saturated rings. The van der Waals surface area contributed by atoms with E-state index < -0.39 is 0 Å². The van der Waals surface area contributed by atoms with Gasteiger partial charge in [-0.05, 0) is 36.1 Å². The third-order valence-electron chi connectivity index (χ3n) is 1.96. The van der Waals surface area contributed by atoms with Crippen LogP contribution in [0.1, 0.15) is 18.1 Å². The van der Waals surface area contributed by atoms with Gasteiger partial charge >= 0.3 is 0 Å². The van der Waals surface area contributed by atoms with Crippen LogP contribution >= 0.6 is 0 Å². The molecule has 3 nitrogen and oxygen atoms in total. The number of hydrogen-bond donors (Lipinski definition) is 1. The van der Waals surface area contributed by atoms with Gasteiger partial charge in [0.1, 0.15) is 12.4 Å². The molecule has 0 spiro atoms. The van der Waals surface area contributed by atoms with E-state index in [2.05, 4.69) is 9.93 Å². The highest BCUT2D eigenvalue weighted by atomic mass is 19.3. The lowest BCUT2D eigenvalue weighted by molar-refractivity contribution is -0.135. The molecule has 1 atom stereocenters. The second-order valence-electron chi connectivity index (χ2n) is 3.47. The molecule has 0 saturated carbocycles. The minimum atomic E-state index is -0.268. The number of halogens is 1. The molecule has 0 radical (unpaired) electrons. The summed E-state index contributed by atoms with van der Waals surface area (Å²) in [5.41, 5.74) is 1.59. The van der Waals surface area contributed by atoms with Crippen molar-refractivity contribution in [2.75, 3.05) is 6.61 Å². The number of benzene rings is 1. The normalized spacial score (nSPS) is 13.3. The average molecular weight is 211 g/mol. The Labute approximate surface area is 88.1 Å². The first-order valence-electron chi connectivity index (χ1n) is 4.70. The highest BCUT2D eigenvalue weighted by Crippen LogP contribution is 2.16. The number of rotatable bonds is 4. The smallest absolute Gasteiger partial charge is 0.124 e. The van der Waals surface area contributed by atoms with Gasteiger partial charge in [0.05, 0.1) is 6.04 Å². The van der Waals surface area contributed by atoms with E-state index in [1.807, 2.05) is 13.0 Å². The molecule has 0 bridgehead atoms. The highest BCUT2D eigenvalue weighted by Gasteiger charge is 2.00. The van der Waals surface area contributed by atoms with Gasteiger partial charge in [0.2, 0.25) is 0 Å². The van der Waals surface area contributed by atoms with Gasteiger partial charge in [0.25, 0.3) is 0 Å². The Kier molecular flexibility index (Phi) is 4.24. The molecule has 1 rings (SSSR count). The Bertz CT molecular complexity index is 352. The van der Waals surface area contributed by atoms with Gasteiger partial charge in [0, 0.05) is 11.8 Å². The maximum absolute atomic E-state index is 11.5. The van der Waals surface area contributed by atoms with E-state index in [0.29, 0.717) is 5.56 Å². The van der Waals surface area contributed by atoms with Crippen molar-refractivity contribution < 1.29 is 14.6 Å². The Morgan fingerprint density at radius 1 is 1.60 bits per heavy atom. The maximum atomic E-state index is 11.5. The zero-order valence-corrected chi connectivity index (χ0v) is 8.77. The quantitative estimate of drug-likeness (QED) is 0.777. The summed E-state index contributed by atoms with van der Waals surface area (Å²) in [5.74, 6) is 0.173. The second kappa shape index (κ2) is 5.46. The van der Waals surface area contributed by atoms with Gasteiger partial charge in [-0.15, -0.1) is 0 Å². The summed E-state index contributed by atoms with van der Waals surface area (Å²) in [5, 5.41) is 9.54. The Morgan fingerprint density at radius 2 is 2.33 bits per heavy atom. The van der Waals surface area contributed by atoms with Crippen LogP contribution < -0.4 is 0 Å². The van der Waals surface area contributed by atoms with Crippen molar-refractivity contribution in [1.82, 2.24) is 0 Å².